The number of aryl methyl sites for hydroxylation is 1. The predicted molar refractivity (Wildman–Crippen MR) is 138 cm³/mol. The number of alkyl halides is 3. The van der Waals surface area contributed by atoms with Gasteiger partial charge in [-0.3, -0.25) is 9.59 Å². The summed E-state index contributed by atoms with van der Waals surface area (Å²) < 4.78 is 56.9. The Balaban J connectivity index is 1.49. The highest BCUT2D eigenvalue weighted by Gasteiger charge is 2.63. The zero-order valence-corrected chi connectivity index (χ0v) is 22.8. The number of halogens is 6. The van der Waals surface area contributed by atoms with Crippen molar-refractivity contribution in [3.05, 3.63) is 67.9 Å². The minimum atomic E-state index is -4.92. The summed E-state index contributed by atoms with van der Waals surface area (Å²) in [6.45, 7) is 6.39. The molecule has 7 nitrogen and oxygen atoms in total. The molecule has 210 valence electrons. The molecule has 2 N–H and O–H groups in total. The molecule has 13 heteroatoms. The molecule has 0 saturated heterocycles. The van der Waals surface area contributed by atoms with Crippen LogP contribution in [0.4, 0.5) is 17.6 Å². The van der Waals surface area contributed by atoms with E-state index < -0.39 is 45.5 Å². The van der Waals surface area contributed by atoms with Gasteiger partial charge >= 0.3 is 6.18 Å². The number of fused-ring (bicyclic) bond motifs is 1. The summed E-state index contributed by atoms with van der Waals surface area (Å²) in [5, 5.41) is 7.95. The Kier molecular flexibility index (Phi) is 8.05. The van der Waals surface area contributed by atoms with Crippen molar-refractivity contribution in [2.24, 2.45) is 11.1 Å². The summed E-state index contributed by atoms with van der Waals surface area (Å²) in [7, 11) is 0. The highest BCUT2D eigenvalue weighted by Crippen LogP contribution is 2.50. The molecule has 2 heterocycles. The maximum Gasteiger partial charge on any atom is 0.435 e. The van der Waals surface area contributed by atoms with Crippen LogP contribution in [0.15, 0.2) is 29.4 Å². The maximum atomic E-state index is 14.3. The largest absolute Gasteiger partial charge is 0.435 e. The number of nitrogens with zero attached hydrogens (tertiary/aromatic N) is 2. The van der Waals surface area contributed by atoms with Crippen LogP contribution in [-0.2, 0) is 28.3 Å². The molecule has 39 heavy (non-hydrogen) atoms. The number of rotatable bonds is 6. The second kappa shape index (κ2) is 10.8. The first-order valence-electron chi connectivity index (χ1n) is 12.1. The zero-order chi connectivity index (χ0) is 28.7. The lowest BCUT2D eigenvalue weighted by molar-refractivity contribution is -0.275. The first kappa shape index (κ1) is 28.9. The molecule has 1 unspecified atom stereocenters. The molecule has 2 aromatic carbocycles. The second-order valence-electron chi connectivity index (χ2n) is 10.0. The highest BCUT2D eigenvalue weighted by molar-refractivity contribution is 6.35. The van der Waals surface area contributed by atoms with Gasteiger partial charge in [0, 0.05) is 30.8 Å². The van der Waals surface area contributed by atoms with Crippen molar-refractivity contribution >= 4 is 40.9 Å². The van der Waals surface area contributed by atoms with Crippen LogP contribution in [0.5, 0.6) is 0 Å². The Labute approximate surface area is 232 Å². The third kappa shape index (κ3) is 5.79. The van der Waals surface area contributed by atoms with E-state index in [1.54, 1.807) is 24.0 Å². The Morgan fingerprint density at radius 2 is 1.72 bits per heavy atom. The van der Waals surface area contributed by atoms with Gasteiger partial charge in [0.25, 0.3) is 11.5 Å². The van der Waals surface area contributed by atoms with Crippen molar-refractivity contribution < 1.29 is 32.0 Å². The zero-order valence-electron chi connectivity index (χ0n) is 21.3. The molecule has 0 saturated carbocycles. The van der Waals surface area contributed by atoms with Gasteiger partial charge in [-0.1, -0.05) is 48.3 Å². The molecular weight excluding hydrogens is 563 g/mol. The molecule has 2 aliphatic heterocycles. The van der Waals surface area contributed by atoms with Crippen LogP contribution < -0.4 is 10.6 Å². The molecule has 0 fully saturated rings. The molecule has 4 rings (SSSR count). The van der Waals surface area contributed by atoms with Crippen LogP contribution in [0.1, 0.15) is 52.9 Å². The van der Waals surface area contributed by atoms with Gasteiger partial charge in [-0.2, -0.15) is 13.2 Å². The first-order chi connectivity index (χ1) is 18.2. The van der Waals surface area contributed by atoms with Crippen LogP contribution in [0, 0.1) is 18.7 Å². The van der Waals surface area contributed by atoms with E-state index in [9.17, 15) is 27.2 Å². The lowest BCUT2D eigenvalue weighted by atomic mass is 9.89. The van der Waals surface area contributed by atoms with Gasteiger partial charge in [0.05, 0.1) is 23.0 Å². The van der Waals surface area contributed by atoms with E-state index >= 15 is 0 Å². The van der Waals surface area contributed by atoms with E-state index in [4.69, 9.17) is 28.0 Å². The minimum absolute atomic E-state index is 0.0329. The molecular formula is C26H26Cl2F4N4O3. The van der Waals surface area contributed by atoms with Crippen LogP contribution in [0.3, 0.4) is 0 Å². The average molecular weight is 589 g/mol. The summed E-state index contributed by atoms with van der Waals surface area (Å²) in [6, 6.07) is 5.13. The number of carbonyl (C=O) groups excluding carboxylic acids is 2. The van der Waals surface area contributed by atoms with Crippen molar-refractivity contribution in [3.8, 4) is 0 Å². The van der Waals surface area contributed by atoms with E-state index in [1.165, 1.54) is 0 Å². The van der Waals surface area contributed by atoms with Crippen LogP contribution in [0.25, 0.3) is 0 Å². The molecule has 0 aliphatic carbocycles. The van der Waals surface area contributed by atoms with E-state index in [2.05, 4.69) is 15.8 Å². The molecule has 2 amide bonds. The highest BCUT2D eigenvalue weighted by atomic mass is 35.5. The lowest BCUT2D eigenvalue weighted by Crippen LogP contribution is -2.44. The fourth-order valence-corrected chi connectivity index (χ4v) is 4.97. The number of amides is 2. The summed E-state index contributed by atoms with van der Waals surface area (Å²) in [5.41, 5.74) is -0.796. The van der Waals surface area contributed by atoms with Crippen LogP contribution >= 0.6 is 23.2 Å². The van der Waals surface area contributed by atoms with E-state index in [-0.39, 0.29) is 37.3 Å². The summed E-state index contributed by atoms with van der Waals surface area (Å²) in [5.74, 6) is -1.46. The van der Waals surface area contributed by atoms with Crippen molar-refractivity contribution in [2.75, 3.05) is 13.1 Å². The first-order valence-corrected chi connectivity index (χ1v) is 12.9. The predicted octanol–water partition coefficient (Wildman–Crippen LogP) is 5.45. The topological polar surface area (TPSA) is 83.0 Å². The Hall–Kier alpha value is -3.05. The van der Waals surface area contributed by atoms with Crippen molar-refractivity contribution in [1.29, 1.82) is 0 Å². The summed E-state index contributed by atoms with van der Waals surface area (Å²) >= 11 is 11.5. The van der Waals surface area contributed by atoms with Crippen molar-refractivity contribution in [3.63, 3.8) is 0 Å². The maximum absolute atomic E-state index is 14.3. The molecule has 0 radical (unpaired) electrons. The molecule has 1 atom stereocenters. The fourth-order valence-electron chi connectivity index (χ4n) is 4.48. The average Bonchev–Trinajstić information content (AvgIpc) is 3.48. The van der Waals surface area contributed by atoms with Gasteiger partial charge in [-0.25, -0.2) is 4.39 Å². The summed E-state index contributed by atoms with van der Waals surface area (Å²) in [4.78, 5) is 31.3. The second-order valence-corrected chi connectivity index (χ2v) is 10.8. The number of hydrogen-bond acceptors (Lipinski definition) is 5. The number of amidine groups is 1. The fraction of sp³-hybridized carbons (Fsp3) is 0.423. The molecule has 0 bridgehead atoms. The summed E-state index contributed by atoms with van der Waals surface area (Å²) in [6.07, 6.45) is -5.60. The van der Waals surface area contributed by atoms with Gasteiger partial charge in [-0.15, -0.1) is 0 Å². The van der Waals surface area contributed by atoms with Crippen LogP contribution in [0.2, 0.25) is 10.0 Å². The SMILES string of the molecule is Cc1cc2c(cc1C(=O)NCC(=O)NCC(C)C)CN(C1=NOC(c3cc(Cl)c(F)c(Cl)c3)(C(F)(F)F)C1)C2. The number of benzene rings is 2. The van der Waals surface area contributed by atoms with Gasteiger partial charge < -0.3 is 20.4 Å². The Morgan fingerprint density at radius 3 is 2.31 bits per heavy atom. The van der Waals surface area contributed by atoms with E-state index in [0.29, 0.717) is 17.7 Å². The number of nitrogens with one attached hydrogen (secondary N) is 2. The number of oxime groups is 1. The van der Waals surface area contributed by atoms with Gasteiger partial charge in [0.2, 0.25) is 5.91 Å². The normalized spacial score (nSPS) is 18.6. The van der Waals surface area contributed by atoms with Gasteiger partial charge in [0.1, 0.15) is 5.84 Å². The van der Waals surface area contributed by atoms with Crippen LogP contribution in [-0.4, -0.2) is 41.8 Å². The van der Waals surface area contributed by atoms with Crippen molar-refractivity contribution in [2.45, 2.75) is 52.1 Å². The minimum Gasteiger partial charge on any atom is -0.372 e. The standard InChI is InChI=1S/C26H26Cl2F4N4O3/c1-13(2)9-33-22(37)10-34-24(38)18-5-16-12-36(11-15(16)4-14(18)3)21-8-25(39-35-21,26(30,31)32)17-6-19(27)23(29)20(28)7-17/h4-7,13H,8-12H2,1-3H3,(H,33,37)(H,34,38). The molecule has 2 aromatic rings. The smallest absolute Gasteiger partial charge is 0.372 e. The number of carbonyl (C=O) groups is 2. The van der Waals surface area contributed by atoms with Gasteiger partial charge in [-0.05, 0) is 47.7 Å². The lowest BCUT2D eigenvalue weighted by Gasteiger charge is -2.30. The molecule has 2 aliphatic rings. The van der Waals surface area contributed by atoms with E-state index in [1.807, 2.05) is 13.8 Å². The van der Waals surface area contributed by atoms with E-state index in [0.717, 1.165) is 23.3 Å². The van der Waals surface area contributed by atoms with Crippen molar-refractivity contribution in [1.82, 2.24) is 15.5 Å². The molecule has 0 aromatic heterocycles. The number of hydrogen-bond donors (Lipinski definition) is 2. The third-order valence-corrected chi connectivity index (χ3v) is 7.17. The Bertz CT molecular complexity index is 1330. The third-order valence-electron chi connectivity index (χ3n) is 6.62. The Morgan fingerprint density at radius 1 is 1.10 bits per heavy atom. The van der Waals surface area contributed by atoms with Gasteiger partial charge in [0.15, 0.2) is 5.82 Å². The quantitative estimate of drug-likeness (QED) is 0.347. The molecule has 0 spiro atoms. The monoisotopic (exact) mass is 588 g/mol.